The number of aliphatic hydroxyl groups is 1. The van der Waals surface area contributed by atoms with E-state index in [9.17, 15) is 22.8 Å². The number of hydrogen-bond acceptors (Lipinski definition) is 3. The molecule has 0 aliphatic heterocycles. The van der Waals surface area contributed by atoms with Crippen LogP contribution in [0.3, 0.4) is 0 Å². The average molecular weight is 395 g/mol. The van der Waals surface area contributed by atoms with E-state index in [-0.39, 0.29) is 30.7 Å². The number of H-pyrrole nitrogens is 1. The zero-order valence-electron chi connectivity index (χ0n) is 15.4. The molecule has 3 aromatic rings. The van der Waals surface area contributed by atoms with Gasteiger partial charge in [0, 0.05) is 20.2 Å². The van der Waals surface area contributed by atoms with Gasteiger partial charge in [0.15, 0.2) is 0 Å². The maximum atomic E-state index is 12.7. The van der Waals surface area contributed by atoms with Crippen molar-refractivity contribution >= 4 is 11.0 Å². The van der Waals surface area contributed by atoms with Crippen molar-refractivity contribution in [2.75, 3.05) is 6.61 Å². The van der Waals surface area contributed by atoms with E-state index in [4.69, 9.17) is 5.11 Å². The second-order valence-electron chi connectivity index (χ2n) is 6.72. The van der Waals surface area contributed by atoms with Crippen LogP contribution in [0.4, 0.5) is 13.2 Å². The standard InChI is InChI=1S/C19H20F3N3O3/c1-11-14(13-6-3-5-12(9-13)10-19(20,21)22)23-15-16(11)24(2)18(28)25(17(15)27)7-4-8-26/h3,5-6,9,23,26H,4,7-8,10H2,1-2H3. The number of halogens is 3. The van der Waals surface area contributed by atoms with Gasteiger partial charge in [-0.15, -0.1) is 0 Å². The van der Waals surface area contributed by atoms with Gasteiger partial charge < -0.3 is 10.1 Å². The minimum absolute atomic E-state index is 0.0758. The van der Waals surface area contributed by atoms with Crippen molar-refractivity contribution in [2.45, 2.75) is 32.5 Å². The van der Waals surface area contributed by atoms with Gasteiger partial charge in [-0.2, -0.15) is 13.2 Å². The zero-order valence-corrected chi connectivity index (χ0v) is 15.4. The topological polar surface area (TPSA) is 80.0 Å². The maximum absolute atomic E-state index is 12.7. The monoisotopic (exact) mass is 395 g/mol. The van der Waals surface area contributed by atoms with Crippen LogP contribution in [0.2, 0.25) is 0 Å². The Morgan fingerprint density at radius 1 is 1.21 bits per heavy atom. The molecule has 28 heavy (non-hydrogen) atoms. The molecule has 0 aliphatic carbocycles. The van der Waals surface area contributed by atoms with E-state index in [0.29, 0.717) is 22.3 Å². The summed E-state index contributed by atoms with van der Waals surface area (Å²) in [6.45, 7) is 1.63. The molecule has 3 rings (SSSR count). The Hall–Kier alpha value is -2.81. The van der Waals surface area contributed by atoms with Crippen LogP contribution in [-0.2, 0) is 20.0 Å². The highest BCUT2D eigenvalue weighted by Gasteiger charge is 2.28. The summed E-state index contributed by atoms with van der Waals surface area (Å²) in [5.74, 6) is 0. The predicted octanol–water partition coefficient (Wildman–Crippen LogP) is 2.49. The molecule has 2 heterocycles. The van der Waals surface area contributed by atoms with Gasteiger partial charge in [-0.25, -0.2) is 4.79 Å². The third kappa shape index (κ3) is 3.62. The van der Waals surface area contributed by atoms with Gasteiger partial charge in [0.2, 0.25) is 0 Å². The summed E-state index contributed by atoms with van der Waals surface area (Å²) in [5, 5.41) is 8.98. The molecule has 0 fully saturated rings. The molecule has 150 valence electrons. The number of aromatic nitrogens is 3. The number of aromatic amines is 1. The Balaban J connectivity index is 2.19. The van der Waals surface area contributed by atoms with Crippen molar-refractivity contribution in [3.63, 3.8) is 0 Å². The number of hydrogen-bond donors (Lipinski definition) is 2. The molecule has 6 nitrogen and oxygen atoms in total. The normalized spacial score (nSPS) is 12.1. The van der Waals surface area contributed by atoms with Crippen molar-refractivity contribution in [1.29, 1.82) is 0 Å². The smallest absolute Gasteiger partial charge is 0.393 e. The van der Waals surface area contributed by atoms with E-state index in [1.165, 1.54) is 29.8 Å². The Bertz CT molecular complexity index is 1140. The van der Waals surface area contributed by atoms with E-state index in [1.807, 2.05) is 0 Å². The Labute approximate surface area is 157 Å². The lowest BCUT2D eigenvalue weighted by Gasteiger charge is -2.08. The molecule has 0 spiro atoms. The minimum atomic E-state index is -4.32. The van der Waals surface area contributed by atoms with Gasteiger partial charge >= 0.3 is 11.9 Å². The fourth-order valence-corrected chi connectivity index (χ4v) is 3.44. The van der Waals surface area contributed by atoms with Gasteiger partial charge in [-0.1, -0.05) is 18.2 Å². The molecule has 0 atom stereocenters. The van der Waals surface area contributed by atoms with Gasteiger partial charge in [0.1, 0.15) is 5.52 Å². The lowest BCUT2D eigenvalue weighted by molar-refractivity contribution is -0.127. The second-order valence-corrected chi connectivity index (χ2v) is 6.72. The van der Waals surface area contributed by atoms with Gasteiger partial charge in [0.25, 0.3) is 5.56 Å². The first-order chi connectivity index (χ1) is 13.1. The quantitative estimate of drug-likeness (QED) is 0.697. The molecule has 0 bridgehead atoms. The first kappa shape index (κ1) is 19.9. The number of aryl methyl sites for hydroxylation is 2. The SMILES string of the molecule is Cc1c(-c2cccc(CC(F)(F)F)c2)[nH]c2c(=O)n(CCCO)c(=O)n(C)c12. The summed E-state index contributed by atoms with van der Waals surface area (Å²) in [7, 11) is 1.53. The number of rotatable bonds is 5. The molecule has 0 amide bonds. The number of fused-ring (bicyclic) bond motifs is 1. The Morgan fingerprint density at radius 3 is 2.57 bits per heavy atom. The summed E-state index contributed by atoms with van der Waals surface area (Å²) in [6.07, 6.45) is -5.11. The van der Waals surface area contributed by atoms with Crippen LogP contribution in [-0.4, -0.2) is 32.0 Å². The second kappa shape index (κ2) is 7.31. The first-order valence-electron chi connectivity index (χ1n) is 8.73. The van der Waals surface area contributed by atoms with Gasteiger partial charge in [0.05, 0.1) is 17.6 Å². The Morgan fingerprint density at radius 2 is 1.93 bits per heavy atom. The van der Waals surface area contributed by atoms with E-state index in [2.05, 4.69) is 4.98 Å². The summed E-state index contributed by atoms with van der Waals surface area (Å²) in [6, 6.07) is 6.00. The van der Waals surface area contributed by atoms with Gasteiger partial charge in [-0.3, -0.25) is 13.9 Å². The van der Waals surface area contributed by atoms with Crippen molar-refractivity contribution in [3.8, 4) is 11.3 Å². The highest BCUT2D eigenvalue weighted by Crippen LogP contribution is 2.29. The van der Waals surface area contributed by atoms with Gasteiger partial charge in [-0.05, 0) is 36.1 Å². The molecular weight excluding hydrogens is 375 g/mol. The summed E-state index contributed by atoms with van der Waals surface area (Å²) in [4.78, 5) is 28.3. The lowest BCUT2D eigenvalue weighted by atomic mass is 10.0. The highest BCUT2D eigenvalue weighted by molar-refractivity contribution is 5.87. The molecule has 2 N–H and O–H groups in total. The van der Waals surface area contributed by atoms with E-state index in [1.54, 1.807) is 13.0 Å². The molecular formula is C19H20F3N3O3. The molecule has 2 aromatic heterocycles. The van der Waals surface area contributed by atoms with Crippen LogP contribution < -0.4 is 11.2 Å². The van der Waals surface area contributed by atoms with Crippen LogP contribution in [0.1, 0.15) is 17.5 Å². The van der Waals surface area contributed by atoms with Crippen LogP contribution in [0.15, 0.2) is 33.9 Å². The first-order valence-corrected chi connectivity index (χ1v) is 8.73. The molecule has 0 saturated heterocycles. The Kier molecular flexibility index (Phi) is 5.20. The average Bonchev–Trinajstić information content (AvgIpc) is 2.96. The predicted molar refractivity (Wildman–Crippen MR) is 99.4 cm³/mol. The molecule has 1 aromatic carbocycles. The fourth-order valence-electron chi connectivity index (χ4n) is 3.44. The van der Waals surface area contributed by atoms with E-state index < -0.39 is 23.8 Å². The van der Waals surface area contributed by atoms with Crippen LogP contribution in [0.25, 0.3) is 22.3 Å². The van der Waals surface area contributed by atoms with Crippen LogP contribution >= 0.6 is 0 Å². The lowest BCUT2D eigenvalue weighted by Crippen LogP contribution is -2.39. The number of benzene rings is 1. The molecule has 0 aliphatic rings. The number of nitrogens with one attached hydrogen (secondary N) is 1. The minimum Gasteiger partial charge on any atom is -0.396 e. The molecule has 0 saturated carbocycles. The summed E-state index contributed by atoms with van der Waals surface area (Å²) >= 11 is 0. The third-order valence-corrected chi connectivity index (χ3v) is 4.69. The molecule has 9 heteroatoms. The van der Waals surface area contributed by atoms with Crippen molar-refractivity contribution in [3.05, 3.63) is 56.2 Å². The largest absolute Gasteiger partial charge is 0.396 e. The maximum Gasteiger partial charge on any atom is 0.393 e. The van der Waals surface area contributed by atoms with Crippen LogP contribution in [0, 0.1) is 6.92 Å². The molecule has 0 radical (unpaired) electrons. The van der Waals surface area contributed by atoms with Crippen LogP contribution in [0.5, 0.6) is 0 Å². The van der Waals surface area contributed by atoms with E-state index >= 15 is 0 Å². The summed E-state index contributed by atoms with van der Waals surface area (Å²) < 4.78 is 40.5. The number of alkyl halides is 3. The highest BCUT2D eigenvalue weighted by atomic mass is 19.4. The summed E-state index contributed by atoms with van der Waals surface area (Å²) in [5.41, 5.74) is 1.29. The zero-order chi connectivity index (χ0) is 20.6. The molecule has 0 unspecified atom stereocenters. The fraction of sp³-hybridized carbons (Fsp3) is 0.368. The number of nitrogens with zero attached hydrogens (tertiary/aromatic N) is 2. The van der Waals surface area contributed by atoms with E-state index in [0.717, 1.165) is 4.57 Å². The number of aliphatic hydroxyl groups excluding tert-OH is 1. The third-order valence-electron chi connectivity index (χ3n) is 4.69. The van der Waals surface area contributed by atoms with Crippen molar-refractivity contribution in [1.82, 2.24) is 14.1 Å². The van der Waals surface area contributed by atoms with Crippen molar-refractivity contribution in [2.24, 2.45) is 7.05 Å². The van der Waals surface area contributed by atoms with Crippen molar-refractivity contribution < 1.29 is 18.3 Å².